The van der Waals surface area contributed by atoms with Crippen molar-refractivity contribution >= 4 is 43.1 Å². The lowest BCUT2D eigenvalue weighted by molar-refractivity contribution is 0.135. The van der Waals surface area contributed by atoms with E-state index in [-0.39, 0.29) is 5.56 Å². The van der Waals surface area contributed by atoms with Gasteiger partial charge in [0.05, 0.1) is 40.9 Å². The molecule has 42 heavy (non-hydrogen) atoms. The molecule has 0 amide bonds. The number of unbranched alkanes of at least 4 members (excludes halogenated alkanes) is 1. The lowest BCUT2D eigenvalue weighted by atomic mass is 9.90. The minimum atomic E-state index is -0.471. The van der Waals surface area contributed by atoms with E-state index in [1.165, 1.54) is 25.5 Å². The Hall–Kier alpha value is -3.28. The molecule has 0 aliphatic carbocycles. The number of fused-ring (bicyclic) bond motifs is 4. The minimum absolute atomic E-state index is 0.275. The van der Waals surface area contributed by atoms with Crippen LogP contribution < -0.4 is 10.6 Å². The van der Waals surface area contributed by atoms with Gasteiger partial charge in [-0.1, -0.05) is 67.7 Å². The van der Waals surface area contributed by atoms with Crippen LogP contribution in [0, 0.1) is 30.0 Å². The highest BCUT2D eigenvalue weighted by Gasteiger charge is 2.28. The Labute approximate surface area is 254 Å². The molecule has 0 spiro atoms. The maximum atomic E-state index is 14.6. The third-order valence-corrected chi connectivity index (χ3v) is 8.41. The molecule has 0 radical (unpaired) electrons. The van der Waals surface area contributed by atoms with E-state index in [0.29, 0.717) is 39.9 Å². The van der Waals surface area contributed by atoms with Gasteiger partial charge in [0.2, 0.25) is 0 Å². The lowest BCUT2D eigenvalue weighted by Crippen LogP contribution is -2.20. The quantitative estimate of drug-likeness (QED) is 0.255. The van der Waals surface area contributed by atoms with Gasteiger partial charge in [-0.05, 0) is 48.1 Å². The van der Waals surface area contributed by atoms with Crippen LogP contribution >= 0.6 is 11.3 Å². The molecule has 3 aromatic heterocycles. The molecule has 1 atom stereocenters. The van der Waals surface area contributed by atoms with Crippen molar-refractivity contribution in [2.45, 2.75) is 94.3 Å². The van der Waals surface area contributed by atoms with Gasteiger partial charge in [-0.2, -0.15) is 5.26 Å². The van der Waals surface area contributed by atoms with Crippen LogP contribution in [0.15, 0.2) is 18.3 Å². The summed E-state index contributed by atoms with van der Waals surface area (Å²) in [6, 6.07) is 6.39. The molecule has 1 saturated heterocycles. The fraction of sp³-hybridized carbons (Fsp3) is 0.500. The van der Waals surface area contributed by atoms with Gasteiger partial charge in [0.25, 0.3) is 0 Å². The van der Waals surface area contributed by atoms with Crippen molar-refractivity contribution in [1.29, 1.82) is 5.26 Å². The van der Waals surface area contributed by atoms with Crippen molar-refractivity contribution in [2.75, 3.05) is 23.7 Å². The number of benzene rings is 1. The Morgan fingerprint density at radius 2 is 1.81 bits per heavy atom. The van der Waals surface area contributed by atoms with E-state index in [2.05, 4.69) is 62.7 Å². The summed E-state index contributed by atoms with van der Waals surface area (Å²) in [5.74, 6) is 1.15. The first-order valence-electron chi connectivity index (χ1n) is 15.4. The number of hydrogen-bond donors (Lipinski definition) is 1. The molecule has 8 heteroatoms. The van der Waals surface area contributed by atoms with Gasteiger partial charge in [-0.25, -0.2) is 9.37 Å². The van der Waals surface area contributed by atoms with Crippen LogP contribution in [-0.4, -0.2) is 23.1 Å². The molecule has 1 fully saturated rings. The third kappa shape index (κ3) is 6.53. The van der Waals surface area contributed by atoms with Gasteiger partial charge in [-0.3, -0.25) is 4.98 Å². The normalized spacial score (nSPS) is 15.2. The van der Waals surface area contributed by atoms with Gasteiger partial charge in [0.1, 0.15) is 16.9 Å². The fourth-order valence-electron chi connectivity index (χ4n) is 5.24. The van der Waals surface area contributed by atoms with E-state index >= 15 is 0 Å². The van der Waals surface area contributed by atoms with Gasteiger partial charge in [-0.15, -0.1) is 11.3 Å². The number of halogens is 1. The summed E-state index contributed by atoms with van der Waals surface area (Å²) in [5, 5.41) is 11.6. The zero-order valence-electron chi connectivity index (χ0n) is 26.5. The van der Waals surface area contributed by atoms with E-state index in [0.717, 1.165) is 69.8 Å². The van der Waals surface area contributed by atoms with Crippen LogP contribution in [0.5, 0.6) is 0 Å². The van der Waals surface area contributed by atoms with E-state index in [9.17, 15) is 9.65 Å². The summed E-state index contributed by atoms with van der Waals surface area (Å²) < 4.78 is 20.8. The molecular formula is C34H46FN5OS. The highest BCUT2D eigenvalue weighted by atomic mass is 32.1. The molecule has 2 N–H and O–H groups in total. The van der Waals surface area contributed by atoms with E-state index in [1.807, 2.05) is 20.8 Å². The average molecular weight is 592 g/mol. The first-order chi connectivity index (χ1) is 20.3. The van der Waals surface area contributed by atoms with Crippen molar-refractivity contribution in [3.63, 3.8) is 0 Å². The maximum Gasteiger partial charge on any atom is 0.159 e. The van der Waals surface area contributed by atoms with Crippen LogP contribution in [0.2, 0.25) is 0 Å². The summed E-state index contributed by atoms with van der Waals surface area (Å²) in [6.45, 7) is 19.8. The Morgan fingerprint density at radius 1 is 1.14 bits per heavy atom. The number of nitrogen functional groups attached to an aromatic ring is 1. The van der Waals surface area contributed by atoms with Crippen molar-refractivity contribution < 1.29 is 9.13 Å². The Kier molecular flexibility index (Phi) is 12.1. The Bertz CT molecular complexity index is 1560. The number of nitrogens with zero attached hydrogens (tertiary/aromatic N) is 4. The highest BCUT2D eigenvalue weighted by Crippen LogP contribution is 2.45. The molecule has 1 unspecified atom stereocenters. The zero-order valence-corrected chi connectivity index (χ0v) is 27.3. The van der Waals surface area contributed by atoms with E-state index in [1.54, 1.807) is 0 Å². The largest absolute Gasteiger partial charge is 0.389 e. The molecule has 0 bridgehead atoms. The number of nitrogens with two attached hydrogens (primary N) is 1. The molecule has 226 valence electrons. The second-order valence-electron chi connectivity index (χ2n) is 10.7. The molecule has 2 aliphatic rings. The number of anilines is 2. The smallest absolute Gasteiger partial charge is 0.159 e. The molecule has 2 aliphatic heterocycles. The van der Waals surface area contributed by atoms with Gasteiger partial charge >= 0.3 is 0 Å². The van der Waals surface area contributed by atoms with E-state index in [4.69, 9.17) is 15.5 Å². The van der Waals surface area contributed by atoms with Gasteiger partial charge in [0, 0.05) is 29.4 Å². The second-order valence-corrected chi connectivity index (χ2v) is 11.7. The van der Waals surface area contributed by atoms with Crippen molar-refractivity contribution in [2.24, 2.45) is 5.92 Å². The maximum absolute atomic E-state index is 14.6. The van der Waals surface area contributed by atoms with Crippen LogP contribution in [0.4, 0.5) is 15.2 Å². The third-order valence-electron chi connectivity index (χ3n) is 7.39. The molecule has 4 aromatic rings. The summed E-state index contributed by atoms with van der Waals surface area (Å²) in [7, 11) is 0. The molecule has 6 rings (SSSR count). The van der Waals surface area contributed by atoms with Crippen LogP contribution in [0.1, 0.15) is 96.4 Å². The predicted octanol–water partition coefficient (Wildman–Crippen LogP) is 9.54. The second kappa shape index (κ2) is 15.3. The highest BCUT2D eigenvalue weighted by molar-refractivity contribution is 7.23. The predicted molar refractivity (Wildman–Crippen MR) is 177 cm³/mol. The number of aryl methyl sites for hydroxylation is 1. The first kappa shape index (κ1) is 33.2. The summed E-state index contributed by atoms with van der Waals surface area (Å²) in [6.07, 6.45) is 6.27. The topological polar surface area (TPSA) is 88.1 Å². The van der Waals surface area contributed by atoms with Crippen LogP contribution in [-0.2, 0) is 18.0 Å². The number of thiophene rings is 1. The first-order valence-corrected chi connectivity index (χ1v) is 16.2. The number of pyridine rings is 2. The number of aromatic nitrogens is 2. The van der Waals surface area contributed by atoms with Gasteiger partial charge in [0.15, 0.2) is 5.82 Å². The van der Waals surface area contributed by atoms with Crippen molar-refractivity contribution in [1.82, 2.24) is 9.97 Å². The number of hydrogen-bond acceptors (Lipinski definition) is 7. The molecule has 5 heterocycles. The Balaban J connectivity index is 0.000000482. The monoisotopic (exact) mass is 591 g/mol. The number of ether oxygens (including phenoxy) is 1. The lowest BCUT2D eigenvalue weighted by Gasteiger charge is -2.20. The fourth-order valence-corrected chi connectivity index (χ4v) is 6.16. The average Bonchev–Trinajstić information content (AvgIpc) is 3.74. The molecular weight excluding hydrogens is 545 g/mol. The van der Waals surface area contributed by atoms with Crippen molar-refractivity contribution in [3.8, 4) is 17.3 Å². The van der Waals surface area contributed by atoms with Crippen molar-refractivity contribution in [3.05, 3.63) is 46.4 Å². The zero-order chi connectivity index (χ0) is 31.0. The van der Waals surface area contributed by atoms with Gasteiger partial charge < -0.3 is 15.4 Å². The summed E-state index contributed by atoms with van der Waals surface area (Å²) >= 11 is 1.09. The SMILES string of the molecule is CC.CCC.CCCC.Cc1c(-c2ncc(F)c3sc(N)c(C#N)c23)c2c(c3ccc(N4CCC(C)C4)nc13)COC2. The minimum Gasteiger partial charge on any atom is -0.389 e. The number of nitriles is 1. The molecule has 6 nitrogen and oxygen atoms in total. The van der Waals surface area contributed by atoms with Crippen LogP contribution in [0.25, 0.3) is 32.2 Å². The summed E-state index contributed by atoms with van der Waals surface area (Å²) in [5.41, 5.74) is 11.8. The number of rotatable bonds is 3. The Morgan fingerprint density at radius 3 is 2.40 bits per heavy atom. The van der Waals surface area contributed by atoms with E-state index < -0.39 is 5.82 Å². The standard InChI is InChI=1S/C25H22FN5OS.C4H10.C3H8.C2H6/c1-12-5-6-31(9-12)19-4-3-14-16-10-32-11-17(16)20(13(2)22(14)30-19)23-21-15(7-27)25(28)33-24(21)18(26)8-29-23;1-3-4-2;1-3-2;1-2/h3-4,8,12H,5-6,9-11,28H2,1-2H3;3-4H2,1-2H3;3H2,1-2H3;1-2H3. The van der Waals surface area contributed by atoms with Crippen LogP contribution in [0.3, 0.4) is 0 Å². The molecule has 1 aromatic carbocycles. The molecule has 0 saturated carbocycles. The summed E-state index contributed by atoms with van der Waals surface area (Å²) in [4.78, 5) is 11.9.